The molecule has 0 bridgehead atoms. The highest BCUT2D eigenvalue weighted by molar-refractivity contribution is 6.30. The van der Waals surface area contributed by atoms with E-state index in [0.717, 1.165) is 48.7 Å². The predicted molar refractivity (Wildman–Crippen MR) is 75.3 cm³/mol. The number of halogens is 1. The van der Waals surface area contributed by atoms with Gasteiger partial charge >= 0.3 is 0 Å². The summed E-state index contributed by atoms with van der Waals surface area (Å²) in [6, 6.07) is 5.68. The molecule has 102 valence electrons. The van der Waals surface area contributed by atoms with E-state index in [2.05, 4.69) is 12.2 Å². The van der Waals surface area contributed by atoms with Gasteiger partial charge in [-0.25, -0.2) is 0 Å². The summed E-state index contributed by atoms with van der Waals surface area (Å²) < 4.78 is 5.72. The van der Waals surface area contributed by atoms with Crippen molar-refractivity contribution >= 4 is 11.6 Å². The van der Waals surface area contributed by atoms with Gasteiger partial charge < -0.3 is 15.2 Å². The molecule has 0 aromatic heterocycles. The number of unbranched alkanes of at least 4 members (excludes halogenated alkanes) is 1. The molecule has 1 aromatic carbocycles. The molecule has 1 rings (SSSR count). The minimum Gasteiger partial charge on any atom is -0.493 e. The molecule has 0 aliphatic carbocycles. The third kappa shape index (κ3) is 5.71. The number of aliphatic hydroxyl groups is 1. The molecule has 1 aromatic rings. The van der Waals surface area contributed by atoms with Crippen LogP contribution in [-0.4, -0.2) is 24.9 Å². The van der Waals surface area contributed by atoms with Crippen LogP contribution in [0.25, 0.3) is 0 Å². The van der Waals surface area contributed by atoms with Crippen LogP contribution in [0.3, 0.4) is 0 Å². The Morgan fingerprint density at radius 2 is 2.17 bits per heavy atom. The first-order chi connectivity index (χ1) is 8.77. The summed E-state index contributed by atoms with van der Waals surface area (Å²) in [5.74, 6) is 0.876. The first-order valence-corrected chi connectivity index (χ1v) is 6.88. The number of hydrogen-bond donors (Lipinski definition) is 2. The molecule has 18 heavy (non-hydrogen) atoms. The largest absolute Gasteiger partial charge is 0.493 e. The van der Waals surface area contributed by atoms with Gasteiger partial charge in [0.15, 0.2) is 0 Å². The van der Waals surface area contributed by atoms with Gasteiger partial charge in [-0.2, -0.15) is 0 Å². The lowest BCUT2D eigenvalue weighted by molar-refractivity contribution is 0.252. The molecule has 0 saturated heterocycles. The Labute approximate surface area is 114 Å². The molecular formula is C14H22ClNO2. The first kappa shape index (κ1) is 15.3. The highest BCUT2D eigenvalue weighted by atomic mass is 35.5. The third-order valence-electron chi connectivity index (χ3n) is 2.57. The van der Waals surface area contributed by atoms with Crippen molar-refractivity contribution in [2.45, 2.75) is 32.7 Å². The molecule has 0 aliphatic heterocycles. The lowest BCUT2D eigenvalue weighted by Gasteiger charge is -2.12. The lowest BCUT2D eigenvalue weighted by atomic mass is 10.2. The van der Waals surface area contributed by atoms with Crippen molar-refractivity contribution in [3.8, 4) is 5.75 Å². The van der Waals surface area contributed by atoms with E-state index in [9.17, 15) is 0 Å². The molecular weight excluding hydrogens is 250 g/mol. The molecule has 3 nitrogen and oxygen atoms in total. The van der Waals surface area contributed by atoms with Gasteiger partial charge in [0.1, 0.15) is 5.75 Å². The Balaban J connectivity index is 2.52. The van der Waals surface area contributed by atoms with Gasteiger partial charge in [0.05, 0.1) is 6.61 Å². The summed E-state index contributed by atoms with van der Waals surface area (Å²) in [6.07, 6.45) is 2.74. The van der Waals surface area contributed by atoms with Crippen LogP contribution < -0.4 is 10.1 Å². The van der Waals surface area contributed by atoms with E-state index in [1.165, 1.54) is 0 Å². The van der Waals surface area contributed by atoms with Gasteiger partial charge in [-0.1, -0.05) is 18.5 Å². The van der Waals surface area contributed by atoms with Crippen LogP contribution in [0.2, 0.25) is 5.02 Å². The van der Waals surface area contributed by atoms with Gasteiger partial charge in [-0.15, -0.1) is 0 Å². The van der Waals surface area contributed by atoms with Crippen molar-refractivity contribution in [1.82, 2.24) is 5.32 Å². The van der Waals surface area contributed by atoms with E-state index in [1.54, 1.807) is 0 Å². The maximum atomic E-state index is 8.71. The van der Waals surface area contributed by atoms with Crippen molar-refractivity contribution in [1.29, 1.82) is 0 Å². The van der Waals surface area contributed by atoms with Gasteiger partial charge in [0.2, 0.25) is 0 Å². The summed E-state index contributed by atoms with van der Waals surface area (Å²) in [7, 11) is 0. The van der Waals surface area contributed by atoms with Crippen molar-refractivity contribution in [3.63, 3.8) is 0 Å². The molecule has 0 saturated carbocycles. The Morgan fingerprint density at radius 3 is 2.89 bits per heavy atom. The molecule has 0 heterocycles. The van der Waals surface area contributed by atoms with Crippen molar-refractivity contribution < 1.29 is 9.84 Å². The molecule has 0 aliphatic rings. The fourth-order valence-electron chi connectivity index (χ4n) is 1.62. The monoisotopic (exact) mass is 271 g/mol. The average molecular weight is 272 g/mol. The summed E-state index contributed by atoms with van der Waals surface area (Å²) in [5.41, 5.74) is 1.08. The molecule has 0 spiro atoms. The highest BCUT2D eigenvalue weighted by Gasteiger charge is 2.04. The van der Waals surface area contributed by atoms with Gasteiger partial charge in [-0.05, 0) is 44.0 Å². The zero-order valence-corrected chi connectivity index (χ0v) is 11.7. The quantitative estimate of drug-likeness (QED) is 0.679. The standard InChI is InChI=1S/C14H22ClNO2/c1-2-7-16-11-12-10-13(15)5-6-14(12)18-9-4-3-8-17/h5-6,10,16-17H,2-4,7-9,11H2,1H3. The second-order valence-corrected chi connectivity index (χ2v) is 4.64. The smallest absolute Gasteiger partial charge is 0.123 e. The molecule has 0 atom stereocenters. The van der Waals surface area contributed by atoms with Crippen molar-refractivity contribution in [3.05, 3.63) is 28.8 Å². The second-order valence-electron chi connectivity index (χ2n) is 4.21. The Bertz CT molecular complexity index is 345. The predicted octanol–water partition coefficient (Wildman–Crippen LogP) is 2.99. The van der Waals surface area contributed by atoms with Crippen molar-refractivity contribution in [2.24, 2.45) is 0 Å². The van der Waals surface area contributed by atoms with Crippen LogP contribution in [0, 0.1) is 0 Å². The van der Waals surface area contributed by atoms with Crippen LogP contribution in [0.1, 0.15) is 31.7 Å². The highest BCUT2D eigenvalue weighted by Crippen LogP contribution is 2.23. The first-order valence-electron chi connectivity index (χ1n) is 6.50. The molecule has 0 fully saturated rings. The minimum atomic E-state index is 0.217. The SMILES string of the molecule is CCCNCc1cc(Cl)ccc1OCCCCO. The Hall–Kier alpha value is -0.770. The van der Waals surface area contributed by atoms with E-state index >= 15 is 0 Å². The summed E-state index contributed by atoms with van der Waals surface area (Å²) >= 11 is 6.00. The number of benzene rings is 1. The molecule has 0 radical (unpaired) electrons. The topological polar surface area (TPSA) is 41.5 Å². The molecule has 4 heteroatoms. The average Bonchev–Trinajstić information content (AvgIpc) is 2.37. The van der Waals surface area contributed by atoms with E-state index < -0.39 is 0 Å². The van der Waals surface area contributed by atoms with Gasteiger partial charge in [0, 0.05) is 23.7 Å². The molecule has 0 amide bonds. The number of nitrogens with one attached hydrogen (secondary N) is 1. The van der Waals surface area contributed by atoms with Crippen LogP contribution >= 0.6 is 11.6 Å². The number of rotatable bonds is 9. The van der Waals surface area contributed by atoms with Crippen molar-refractivity contribution in [2.75, 3.05) is 19.8 Å². The Morgan fingerprint density at radius 1 is 1.33 bits per heavy atom. The van der Waals surface area contributed by atoms with E-state index in [-0.39, 0.29) is 6.61 Å². The van der Waals surface area contributed by atoms with Crippen LogP contribution in [-0.2, 0) is 6.54 Å². The van der Waals surface area contributed by atoms with E-state index in [1.807, 2.05) is 18.2 Å². The molecule has 2 N–H and O–H groups in total. The third-order valence-corrected chi connectivity index (χ3v) is 2.81. The Kier molecular flexibility index (Phi) is 7.81. The summed E-state index contributed by atoms with van der Waals surface area (Å²) in [6.45, 7) is 4.73. The summed E-state index contributed by atoms with van der Waals surface area (Å²) in [4.78, 5) is 0. The second kappa shape index (κ2) is 9.20. The number of ether oxygens (including phenoxy) is 1. The van der Waals surface area contributed by atoms with Gasteiger partial charge in [-0.3, -0.25) is 0 Å². The zero-order chi connectivity index (χ0) is 13.2. The van der Waals surface area contributed by atoms with Crippen LogP contribution in [0.15, 0.2) is 18.2 Å². The molecule has 0 unspecified atom stereocenters. The lowest BCUT2D eigenvalue weighted by Crippen LogP contribution is -2.15. The fraction of sp³-hybridized carbons (Fsp3) is 0.571. The minimum absolute atomic E-state index is 0.217. The fourth-order valence-corrected chi connectivity index (χ4v) is 1.82. The van der Waals surface area contributed by atoms with Crippen LogP contribution in [0.5, 0.6) is 5.75 Å². The maximum Gasteiger partial charge on any atom is 0.123 e. The zero-order valence-electron chi connectivity index (χ0n) is 10.9. The normalized spacial score (nSPS) is 10.6. The van der Waals surface area contributed by atoms with Crippen LogP contribution in [0.4, 0.5) is 0 Å². The van der Waals surface area contributed by atoms with E-state index in [4.69, 9.17) is 21.4 Å². The van der Waals surface area contributed by atoms with Gasteiger partial charge in [0.25, 0.3) is 0 Å². The summed E-state index contributed by atoms with van der Waals surface area (Å²) in [5, 5.41) is 12.8. The number of hydrogen-bond acceptors (Lipinski definition) is 3. The maximum absolute atomic E-state index is 8.71. The number of aliphatic hydroxyl groups excluding tert-OH is 1. The van der Waals surface area contributed by atoms with E-state index in [0.29, 0.717) is 6.61 Å².